The van der Waals surface area contributed by atoms with E-state index < -0.39 is 50.8 Å². The molecule has 1 aliphatic heterocycles. The van der Waals surface area contributed by atoms with Crippen LogP contribution in [0.4, 0.5) is 21.9 Å². The quantitative estimate of drug-likeness (QED) is 0.0667. The summed E-state index contributed by atoms with van der Waals surface area (Å²) in [6.45, 7) is 1.49. The van der Waals surface area contributed by atoms with Crippen LogP contribution in [0.2, 0.25) is 5.02 Å². The number of imide groups is 1. The molecule has 3 amide bonds. The van der Waals surface area contributed by atoms with Crippen LogP contribution in [0.1, 0.15) is 35.7 Å². The number of halogens is 1. The van der Waals surface area contributed by atoms with E-state index in [4.69, 9.17) is 25.8 Å². The monoisotopic (exact) mass is 684 g/mol. The number of benzene rings is 3. The van der Waals surface area contributed by atoms with Gasteiger partial charge in [0.1, 0.15) is 6.54 Å². The molecule has 0 bridgehead atoms. The Morgan fingerprint density at radius 3 is 2.49 bits per heavy atom. The summed E-state index contributed by atoms with van der Waals surface area (Å²) >= 11 is 6.67. The van der Waals surface area contributed by atoms with Crippen molar-refractivity contribution >= 4 is 69.5 Å². The number of methoxy groups -OCH3 is 1. The summed E-state index contributed by atoms with van der Waals surface area (Å²) in [5.41, 5.74) is -0.827. The van der Waals surface area contributed by atoms with Crippen molar-refractivity contribution in [3.8, 4) is 17.2 Å². The zero-order valence-corrected chi connectivity index (χ0v) is 26.3. The molecule has 4 rings (SSSR count). The summed E-state index contributed by atoms with van der Waals surface area (Å²) in [4.78, 5) is 73.0. The third kappa shape index (κ3) is 8.22. The Morgan fingerprint density at radius 2 is 1.81 bits per heavy atom. The van der Waals surface area contributed by atoms with Crippen LogP contribution in [0.3, 0.4) is 0 Å². The number of ether oxygens (including phenoxy) is 3. The van der Waals surface area contributed by atoms with Crippen LogP contribution in [0.5, 0.6) is 17.2 Å². The second-order valence-corrected chi connectivity index (χ2v) is 11.0. The molecular formula is C30H25ClN4O11S. The molecule has 0 spiro atoms. The molecule has 1 fully saturated rings. The molecule has 0 saturated carbocycles. The average Bonchev–Trinajstić information content (AvgIpc) is 3.29. The Balaban J connectivity index is 1.54. The molecule has 1 aliphatic rings. The van der Waals surface area contributed by atoms with Gasteiger partial charge in [0.05, 0.1) is 45.1 Å². The fourth-order valence-electron chi connectivity index (χ4n) is 4.14. The third-order valence-electron chi connectivity index (χ3n) is 6.45. The van der Waals surface area contributed by atoms with Crippen molar-refractivity contribution in [3.63, 3.8) is 0 Å². The zero-order valence-electron chi connectivity index (χ0n) is 24.7. The number of carbonyl (C=O) groups is 4. The highest BCUT2D eigenvalue weighted by Crippen LogP contribution is 2.42. The van der Waals surface area contributed by atoms with E-state index in [0.29, 0.717) is 23.1 Å². The second-order valence-electron chi connectivity index (χ2n) is 9.65. The van der Waals surface area contributed by atoms with Gasteiger partial charge in [-0.1, -0.05) is 37.1 Å². The Bertz CT molecular complexity index is 1810. The Labute approximate surface area is 275 Å². The molecule has 17 heteroatoms. The lowest BCUT2D eigenvalue weighted by molar-refractivity contribution is -0.394. The number of non-ortho nitro benzene ring substituents is 1. The van der Waals surface area contributed by atoms with Crippen molar-refractivity contribution in [1.29, 1.82) is 0 Å². The van der Waals surface area contributed by atoms with Gasteiger partial charge in [-0.3, -0.25) is 39.5 Å². The molecule has 0 aliphatic carbocycles. The molecule has 0 unspecified atom stereocenters. The maximum atomic E-state index is 13.2. The van der Waals surface area contributed by atoms with Gasteiger partial charge in [-0.15, -0.1) is 0 Å². The lowest BCUT2D eigenvalue weighted by Gasteiger charge is -2.14. The number of anilines is 1. The van der Waals surface area contributed by atoms with Gasteiger partial charge in [-0.2, -0.15) is 0 Å². The Kier molecular flexibility index (Phi) is 11.1. The highest BCUT2D eigenvalue weighted by Gasteiger charge is 2.37. The average molecular weight is 685 g/mol. The zero-order chi connectivity index (χ0) is 34.2. The predicted molar refractivity (Wildman–Crippen MR) is 171 cm³/mol. The van der Waals surface area contributed by atoms with Crippen molar-refractivity contribution in [1.82, 2.24) is 4.90 Å². The molecule has 0 atom stereocenters. The number of rotatable bonds is 13. The molecule has 1 N–H and O–H groups in total. The number of esters is 1. The van der Waals surface area contributed by atoms with Gasteiger partial charge in [-0.25, -0.2) is 4.79 Å². The SMILES string of the molecule is CCCCOC(=O)c1cc(NC(=O)CN2C(=O)S/C(=C/c3cccc(OC)c3Oc3ccc([N+](=O)[O-])cc3[N+](=O)[O-])C2=O)ccc1Cl. The summed E-state index contributed by atoms with van der Waals surface area (Å²) in [5, 5.41) is 24.7. The van der Waals surface area contributed by atoms with Gasteiger partial charge in [0.15, 0.2) is 11.5 Å². The number of hydrogen-bond acceptors (Lipinski definition) is 12. The van der Waals surface area contributed by atoms with Gasteiger partial charge in [-0.05, 0) is 54.6 Å². The largest absolute Gasteiger partial charge is 0.493 e. The lowest BCUT2D eigenvalue weighted by Crippen LogP contribution is -2.36. The van der Waals surface area contributed by atoms with E-state index >= 15 is 0 Å². The van der Waals surface area contributed by atoms with Crippen LogP contribution in [0.15, 0.2) is 59.5 Å². The van der Waals surface area contributed by atoms with Crippen LogP contribution < -0.4 is 14.8 Å². The molecular weight excluding hydrogens is 660 g/mol. The fourth-order valence-corrected chi connectivity index (χ4v) is 5.17. The van der Waals surface area contributed by atoms with Crippen molar-refractivity contribution in [2.45, 2.75) is 19.8 Å². The standard InChI is InChI=1S/C30H25ClN4O11S/c1-3-4-12-45-29(38)20-14-18(8-10-21(20)31)32-26(36)16-33-28(37)25(47-30(33)39)13-17-6-5-7-24(44-2)27(17)46-23-11-9-19(34(40)41)15-22(23)35(42)43/h5-11,13-15H,3-4,12,16H2,1-2H3,(H,32,36)/b25-13+. The van der Waals surface area contributed by atoms with Crippen LogP contribution in [-0.4, -0.2) is 58.0 Å². The molecule has 1 saturated heterocycles. The first-order valence-electron chi connectivity index (χ1n) is 13.7. The van der Waals surface area contributed by atoms with Crippen LogP contribution in [0, 0.1) is 20.2 Å². The maximum Gasteiger partial charge on any atom is 0.339 e. The van der Waals surface area contributed by atoms with E-state index in [1.54, 1.807) is 6.07 Å². The van der Waals surface area contributed by atoms with E-state index in [-0.39, 0.29) is 50.6 Å². The summed E-state index contributed by atoms with van der Waals surface area (Å²) in [5.74, 6) is -2.53. The van der Waals surface area contributed by atoms with E-state index in [9.17, 15) is 39.4 Å². The van der Waals surface area contributed by atoms with Crippen LogP contribution in [-0.2, 0) is 14.3 Å². The van der Waals surface area contributed by atoms with Crippen molar-refractivity contribution in [2.75, 3.05) is 25.6 Å². The normalized spacial score (nSPS) is 13.4. The number of nitrogens with zero attached hydrogens (tertiary/aromatic N) is 3. The van der Waals surface area contributed by atoms with Gasteiger partial charge in [0.2, 0.25) is 11.7 Å². The topological polar surface area (TPSA) is 198 Å². The minimum Gasteiger partial charge on any atom is -0.493 e. The van der Waals surface area contributed by atoms with Crippen LogP contribution >= 0.6 is 23.4 Å². The molecule has 0 radical (unpaired) electrons. The molecule has 47 heavy (non-hydrogen) atoms. The second kappa shape index (κ2) is 15.2. The third-order valence-corrected chi connectivity index (χ3v) is 7.69. The maximum absolute atomic E-state index is 13.2. The van der Waals surface area contributed by atoms with Gasteiger partial charge < -0.3 is 19.5 Å². The molecule has 3 aromatic rings. The minimum atomic E-state index is -0.849. The Morgan fingerprint density at radius 1 is 1.04 bits per heavy atom. The van der Waals surface area contributed by atoms with Crippen molar-refractivity contribution in [2.24, 2.45) is 0 Å². The molecule has 15 nitrogen and oxygen atoms in total. The summed E-state index contributed by atoms with van der Waals surface area (Å²) in [6, 6.07) is 11.5. The number of thioether (sulfide) groups is 1. The smallest absolute Gasteiger partial charge is 0.339 e. The number of nitro groups is 2. The number of nitrogens with one attached hydrogen (secondary N) is 1. The molecule has 244 valence electrons. The summed E-state index contributed by atoms with van der Waals surface area (Å²) < 4.78 is 16.3. The van der Waals surface area contributed by atoms with Crippen molar-refractivity contribution in [3.05, 3.63) is 95.9 Å². The summed E-state index contributed by atoms with van der Waals surface area (Å²) in [7, 11) is 1.31. The van der Waals surface area contributed by atoms with E-state index in [0.717, 1.165) is 24.6 Å². The first-order valence-corrected chi connectivity index (χ1v) is 14.9. The van der Waals surface area contributed by atoms with Gasteiger partial charge >= 0.3 is 11.7 Å². The van der Waals surface area contributed by atoms with E-state index in [1.807, 2.05) is 6.92 Å². The lowest BCUT2D eigenvalue weighted by atomic mass is 10.1. The van der Waals surface area contributed by atoms with Gasteiger partial charge in [0, 0.05) is 17.3 Å². The number of hydrogen-bond donors (Lipinski definition) is 1. The highest BCUT2D eigenvalue weighted by atomic mass is 35.5. The van der Waals surface area contributed by atoms with Crippen molar-refractivity contribution < 1.29 is 43.2 Å². The van der Waals surface area contributed by atoms with E-state index in [2.05, 4.69) is 5.32 Å². The number of carbonyl (C=O) groups excluding carboxylic acids is 4. The minimum absolute atomic E-state index is 0.0324. The first kappa shape index (κ1) is 34.4. The first-order chi connectivity index (χ1) is 22.4. The van der Waals surface area contributed by atoms with Crippen LogP contribution in [0.25, 0.3) is 6.08 Å². The Hall–Kier alpha value is -5.48. The van der Waals surface area contributed by atoms with Gasteiger partial charge in [0.25, 0.3) is 16.8 Å². The number of nitro benzene ring substituents is 2. The predicted octanol–water partition coefficient (Wildman–Crippen LogP) is 6.59. The molecule has 1 heterocycles. The number of amides is 3. The number of unbranched alkanes of at least 4 members (excludes halogenated alkanes) is 1. The molecule has 3 aromatic carbocycles. The molecule has 0 aromatic heterocycles. The van der Waals surface area contributed by atoms with E-state index in [1.165, 1.54) is 43.5 Å². The highest BCUT2D eigenvalue weighted by molar-refractivity contribution is 8.18. The number of para-hydroxylation sites is 1. The summed E-state index contributed by atoms with van der Waals surface area (Å²) in [6.07, 6.45) is 2.77. The fraction of sp³-hybridized carbons (Fsp3) is 0.200.